The average Bonchev–Trinajstić information content (AvgIpc) is 2.38. The molecular formula is C15H23ClN2O2. The zero-order chi connectivity index (χ0) is 13.8. The molecule has 1 aliphatic rings. The van der Waals surface area contributed by atoms with Gasteiger partial charge < -0.3 is 15.0 Å². The Morgan fingerprint density at radius 1 is 1.45 bits per heavy atom. The first kappa shape index (κ1) is 16.8. The number of rotatable bonds is 3. The van der Waals surface area contributed by atoms with E-state index in [1.807, 2.05) is 30.9 Å². The van der Waals surface area contributed by atoms with Gasteiger partial charge in [-0.25, -0.2) is 0 Å². The van der Waals surface area contributed by atoms with Crippen LogP contribution >= 0.6 is 12.4 Å². The van der Waals surface area contributed by atoms with Crippen molar-refractivity contribution in [1.29, 1.82) is 0 Å². The van der Waals surface area contributed by atoms with Gasteiger partial charge in [0.15, 0.2) is 6.61 Å². The zero-order valence-electron chi connectivity index (χ0n) is 12.3. The Kier molecular flexibility index (Phi) is 6.30. The predicted octanol–water partition coefficient (Wildman–Crippen LogP) is 1.92. The number of benzene rings is 1. The number of carbonyl (C=O) groups excluding carboxylic acids is 1. The Balaban J connectivity index is 0.00000200. The summed E-state index contributed by atoms with van der Waals surface area (Å²) in [5, 5.41) is 3.27. The summed E-state index contributed by atoms with van der Waals surface area (Å²) >= 11 is 0. The zero-order valence-corrected chi connectivity index (χ0v) is 13.1. The molecule has 4 nitrogen and oxygen atoms in total. The molecule has 1 aromatic carbocycles. The van der Waals surface area contributed by atoms with Crippen molar-refractivity contribution in [3.05, 3.63) is 29.3 Å². The number of piperazine rings is 1. The van der Waals surface area contributed by atoms with Crippen molar-refractivity contribution >= 4 is 18.3 Å². The van der Waals surface area contributed by atoms with Crippen LogP contribution in [0.3, 0.4) is 0 Å². The molecule has 0 spiro atoms. The summed E-state index contributed by atoms with van der Waals surface area (Å²) in [6.07, 6.45) is 0. The number of hydrogen-bond acceptors (Lipinski definition) is 3. The molecule has 1 fully saturated rings. The van der Waals surface area contributed by atoms with Crippen LogP contribution in [0, 0.1) is 13.8 Å². The summed E-state index contributed by atoms with van der Waals surface area (Å²) in [6.45, 7) is 8.70. The molecule has 112 valence electrons. The highest BCUT2D eigenvalue weighted by Crippen LogP contribution is 2.18. The van der Waals surface area contributed by atoms with E-state index in [0.717, 1.165) is 30.9 Å². The summed E-state index contributed by atoms with van der Waals surface area (Å²) < 4.78 is 5.64. The molecule has 1 aliphatic heterocycles. The average molecular weight is 299 g/mol. The highest BCUT2D eigenvalue weighted by atomic mass is 35.5. The van der Waals surface area contributed by atoms with Crippen molar-refractivity contribution in [2.45, 2.75) is 26.8 Å². The molecule has 1 heterocycles. The molecule has 1 N–H and O–H groups in total. The van der Waals surface area contributed by atoms with Crippen LogP contribution in [-0.4, -0.2) is 43.1 Å². The number of nitrogens with zero attached hydrogens (tertiary/aromatic N) is 1. The topological polar surface area (TPSA) is 41.6 Å². The standard InChI is InChI=1S/C15H22N2O2.ClH/c1-11-4-5-14(12(2)8-11)19-10-15(18)17-7-6-16-9-13(17)3;/h4-5,8,13,16H,6-7,9-10H2,1-3H3;1H/t13-;/m0./s1. The maximum absolute atomic E-state index is 12.1. The van der Waals surface area contributed by atoms with Gasteiger partial charge in [-0.05, 0) is 32.4 Å². The lowest BCUT2D eigenvalue weighted by atomic mass is 10.1. The van der Waals surface area contributed by atoms with Crippen molar-refractivity contribution in [1.82, 2.24) is 10.2 Å². The van der Waals surface area contributed by atoms with E-state index < -0.39 is 0 Å². The van der Waals surface area contributed by atoms with Crippen LogP contribution in [0.4, 0.5) is 0 Å². The molecule has 0 aromatic heterocycles. The molecule has 0 radical (unpaired) electrons. The molecule has 0 aliphatic carbocycles. The van der Waals surface area contributed by atoms with Gasteiger partial charge >= 0.3 is 0 Å². The number of aryl methyl sites for hydroxylation is 2. The Morgan fingerprint density at radius 3 is 2.85 bits per heavy atom. The van der Waals surface area contributed by atoms with Crippen LogP contribution in [0.2, 0.25) is 0 Å². The number of amides is 1. The summed E-state index contributed by atoms with van der Waals surface area (Å²) in [5.41, 5.74) is 2.27. The van der Waals surface area contributed by atoms with Gasteiger partial charge in [0.25, 0.3) is 5.91 Å². The monoisotopic (exact) mass is 298 g/mol. The van der Waals surface area contributed by atoms with E-state index in [2.05, 4.69) is 18.3 Å². The maximum Gasteiger partial charge on any atom is 0.260 e. The fraction of sp³-hybridized carbons (Fsp3) is 0.533. The van der Waals surface area contributed by atoms with Gasteiger partial charge in [-0.3, -0.25) is 4.79 Å². The second-order valence-electron chi connectivity index (χ2n) is 5.20. The first-order chi connectivity index (χ1) is 9.08. The maximum atomic E-state index is 12.1. The van der Waals surface area contributed by atoms with E-state index in [1.165, 1.54) is 5.56 Å². The molecule has 1 aromatic rings. The van der Waals surface area contributed by atoms with Crippen molar-refractivity contribution in [2.24, 2.45) is 0 Å². The van der Waals surface area contributed by atoms with E-state index >= 15 is 0 Å². The lowest BCUT2D eigenvalue weighted by Crippen LogP contribution is -2.53. The lowest BCUT2D eigenvalue weighted by Gasteiger charge is -2.33. The summed E-state index contributed by atoms with van der Waals surface area (Å²) in [7, 11) is 0. The minimum absolute atomic E-state index is 0. The van der Waals surface area contributed by atoms with Crippen LogP contribution in [0.25, 0.3) is 0 Å². The van der Waals surface area contributed by atoms with Crippen LogP contribution in [0.15, 0.2) is 18.2 Å². The quantitative estimate of drug-likeness (QED) is 0.927. The van der Waals surface area contributed by atoms with E-state index in [9.17, 15) is 4.79 Å². The third-order valence-electron chi connectivity index (χ3n) is 3.50. The van der Waals surface area contributed by atoms with Crippen LogP contribution in [0.1, 0.15) is 18.1 Å². The minimum Gasteiger partial charge on any atom is -0.484 e. The second kappa shape index (κ2) is 7.50. The summed E-state index contributed by atoms with van der Waals surface area (Å²) in [5.74, 6) is 0.857. The molecule has 20 heavy (non-hydrogen) atoms. The molecule has 0 unspecified atom stereocenters. The number of nitrogens with one attached hydrogen (secondary N) is 1. The second-order valence-corrected chi connectivity index (χ2v) is 5.20. The van der Waals surface area contributed by atoms with Crippen LogP contribution in [0.5, 0.6) is 5.75 Å². The third kappa shape index (κ3) is 4.12. The van der Waals surface area contributed by atoms with Crippen molar-refractivity contribution in [3.63, 3.8) is 0 Å². The number of ether oxygens (including phenoxy) is 1. The molecule has 1 saturated heterocycles. The van der Waals surface area contributed by atoms with Gasteiger partial charge in [0.2, 0.25) is 0 Å². The molecule has 2 rings (SSSR count). The molecule has 1 amide bonds. The van der Waals surface area contributed by atoms with E-state index in [-0.39, 0.29) is 31.0 Å². The highest BCUT2D eigenvalue weighted by Gasteiger charge is 2.23. The summed E-state index contributed by atoms with van der Waals surface area (Å²) in [4.78, 5) is 14.0. The van der Waals surface area contributed by atoms with E-state index in [1.54, 1.807) is 0 Å². The fourth-order valence-corrected chi connectivity index (χ4v) is 2.40. The minimum atomic E-state index is 0. The lowest BCUT2D eigenvalue weighted by molar-refractivity contribution is -0.136. The Morgan fingerprint density at radius 2 is 2.20 bits per heavy atom. The van der Waals surface area contributed by atoms with Gasteiger partial charge in [-0.2, -0.15) is 0 Å². The molecule has 0 saturated carbocycles. The van der Waals surface area contributed by atoms with Crippen molar-refractivity contribution in [2.75, 3.05) is 26.2 Å². The van der Waals surface area contributed by atoms with Gasteiger partial charge in [0.1, 0.15) is 5.75 Å². The molecule has 1 atom stereocenters. The normalized spacial score (nSPS) is 18.4. The number of carbonyl (C=O) groups is 1. The third-order valence-corrected chi connectivity index (χ3v) is 3.50. The first-order valence-corrected chi connectivity index (χ1v) is 6.78. The predicted molar refractivity (Wildman–Crippen MR) is 82.7 cm³/mol. The molecule has 5 heteroatoms. The SMILES string of the molecule is Cc1ccc(OCC(=O)N2CCNC[C@@H]2C)c(C)c1.Cl. The van der Waals surface area contributed by atoms with Crippen molar-refractivity contribution in [3.8, 4) is 5.75 Å². The number of halogens is 1. The van der Waals surface area contributed by atoms with E-state index in [4.69, 9.17) is 4.74 Å². The smallest absolute Gasteiger partial charge is 0.260 e. The first-order valence-electron chi connectivity index (χ1n) is 6.78. The summed E-state index contributed by atoms with van der Waals surface area (Å²) in [6, 6.07) is 6.23. The highest BCUT2D eigenvalue weighted by molar-refractivity contribution is 5.85. The van der Waals surface area contributed by atoms with Gasteiger partial charge in [0, 0.05) is 25.7 Å². The van der Waals surface area contributed by atoms with Gasteiger partial charge in [0.05, 0.1) is 0 Å². The van der Waals surface area contributed by atoms with Gasteiger partial charge in [-0.1, -0.05) is 17.7 Å². The van der Waals surface area contributed by atoms with Crippen molar-refractivity contribution < 1.29 is 9.53 Å². The Labute approximate surface area is 126 Å². The Hall–Kier alpha value is -1.26. The molecule has 0 bridgehead atoms. The number of hydrogen-bond donors (Lipinski definition) is 1. The largest absolute Gasteiger partial charge is 0.484 e. The van der Waals surface area contributed by atoms with Crippen LogP contribution < -0.4 is 10.1 Å². The van der Waals surface area contributed by atoms with E-state index in [0.29, 0.717) is 0 Å². The Bertz CT molecular complexity index is 465. The van der Waals surface area contributed by atoms with Crippen LogP contribution in [-0.2, 0) is 4.79 Å². The fourth-order valence-electron chi connectivity index (χ4n) is 2.40. The molecular weight excluding hydrogens is 276 g/mol. The van der Waals surface area contributed by atoms with Gasteiger partial charge in [-0.15, -0.1) is 12.4 Å².